The van der Waals surface area contributed by atoms with Crippen LogP contribution in [-0.4, -0.2) is 25.6 Å². The molecule has 2 aromatic rings. The second-order valence-corrected chi connectivity index (χ2v) is 7.22. The number of anilines is 2. The Morgan fingerprint density at radius 3 is 2.48 bits per heavy atom. The molecule has 1 N–H and O–H groups in total. The molecule has 1 saturated heterocycles. The molecule has 1 aliphatic heterocycles. The van der Waals surface area contributed by atoms with Crippen LogP contribution in [0.15, 0.2) is 36.4 Å². The highest BCUT2D eigenvalue weighted by atomic mass is 35.5. The SMILES string of the molecule is CCOc1ccc(C(=O)Nc2cc(C(F)(F)F)ccc2N2CCCCC2)cc1Cl. The number of piperidine rings is 1. The third-order valence-corrected chi connectivity index (χ3v) is 5.06. The van der Waals surface area contributed by atoms with Crippen molar-refractivity contribution in [3.63, 3.8) is 0 Å². The zero-order valence-electron chi connectivity index (χ0n) is 16.0. The molecular formula is C21H22ClF3N2O2. The maximum atomic E-state index is 13.2. The molecular weight excluding hydrogens is 405 g/mol. The molecule has 3 rings (SSSR count). The van der Waals surface area contributed by atoms with E-state index in [1.54, 1.807) is 6.07 Å². The van der Waals surface area contributed by atoms with Crippen molar-refractivity contribution in [2.24, 2.45) is 0 Å². The normalized spacial score (nSPS) is 14.6. The first-order chi connectivity index (χ1) is 13.8. The van der Waals surface area contributed by atoms with Crippen LogP contribution in [0, 0.1) is 0 Å². The Labute approximate surface area is 172 Å². The molecule has 4 nitrogen and oxygen atoms in total. The Bertz CT molecular complexity index is 881. The number of carbonyl (C=O) groups excluding carboxylic acids is 1. The number of halogens is 4. The quantitative estimate of drug-likeness (QED) is 0.637. The second-order valence-electron chi connectivity index (χ2n) is 6.81. The van der Waals surface area contributed by atoms with Crippen LogP contribution < -0.4 is 15.0 Å². The van der Waals surface area contributed by atoms with E-state index in [1.165, 1.54) is 18.2 Å². The van der Waals surface area contributed by atoms with Crippen LogP contribution in [0.4, 0.5) is 24.5 Å². The van der Waals surface area contributed by atoms with Crippen LogP contribution in [-0.2, 0) is 6.18 Å². The Hall–Kier alpha value is -2.41. The van der Waals surface area contributed by atoms with Crippen molar-refractivity contribution in [2.75, 3.05) is 29.9 Å². The van der Waals surface area contributed by atoms with E-state index in [0.717, 1.165) is 44.5 Å². The van der Waals surface area contributed by atoms with Crippen molar-refractivity contribution in [2.45, 2.75) is 32.4 Å². The average Bonchev–Trinajstić information content (AvgIpc) is 2.69. The molecule has 0 aromatic heterocycles. The van der Waals surface area contributed by atoms with Crippen LogP contribution >= 0.6 is 11.6 Å². The standard InChI is InChI=1S/C21H22ClF3N2O2/c1-2-29-19-9-6-14(12-16(19)22)20(28)26-17-13-15(21(23,24)25)7-8-18(17)27-10-4-3-5-11-27/h6-9,12-13H,2-5,10-11H2,1H3,(H,26,28). The Morgan fingerprint density at radius 2 is 1.86 bits per heavy atom. The van der Waals surface area contributed by atoms with Gasteiger partial charge in [-0.05, 0) is 62.6 Å². The van der Waals surface area contributed by atoms with E-state index in [1.807, 2.05) is 11.8 Å². The summed E-state index contributed by atoms with van der Waals surface area (Å²) in [7, 11) is 0. The van der Waals surface area contributed by atoms with Crippen molar-refractivity contribution in [3.05, 3.63) is 52.5 Å². The first-order valence-electron chi connectivity index (χ1n) is 9.49. The fraction of sp³-hybridized carbons (Fsp3) is 0.381. The fourth-order valence-electron chi connectivity index (χ4n) is 3.33. The van der Waals surface area contributed by atoms with Gasteiger partial charge in [-0.3, -0.25) is 4.79 Å². The minimum Gasteiger partial charge on any atom is -0.492 e. The van der Waals surface area contributed by atoms with Crippen molar-refractivity contribution < 1.29 is 22.7 Å². The third-order valence-electron chi connectivity index (χ3n) is 4.76. The Balaban J connectivity index is 1.91. The molecule has 0 unspecified atom stereocenters. The summed E-state index contributed by atoms with van der Waals surface area (Å²) in [5.74, 6) is -0.0914. The largest absolute Gasteiger partial charge is 0.492 e. The van der Waals surface area contributed by atoms with E-state index >= 15 is 0 Å². The van der Waals surface area contributed by atoms with Crippen molar-refractivity contribution in [1.82, 2.24) is 0 Å². The maximum Gasteiger partial charge on any atom is 0.416 e. The van der Waals surface area contributed by atoms with E-state index in [4.69, 9.17) is 16.3 Å². The van der Waals surface area contributed by atoms with Gasteiger partial charge in [-0.1, -0.05) is 11.6 Å². The summed E-state index contributed by atoms with van der Waals surface area (Å²) in [4.78, 5) is 14.7. The summed E-state index contributed by atoms with van der Waals surface area (Å²) in [6, 6.07) is 8.00. The summed E-state index contributed by atoms with van der Waals surface area (Å²) in [6.45, 7) is 3.72. The molecule has 1 amide bonds. The molecule has 0 atom stereocenters. The molecule has 0 saturated carbocycles. The Morgan fingerprint density at radius 1 is 1.14 bits per heavy atom. The van der Waals surface area contributed by atoms with Crippen molar-refractivity contribution >= 4 is 28.9 Å². The number of hydrogen-bond acceptors (Lipinski definition) is 3. The molecule has 8 heteroatoms. The predicted molar refractivity (Wildman–Crippen MR) is 108 cm³/mol. The van der Waals surface area contributed by atoms with Crippen LogP contribution in [0.5, 0.6) is 5.75 Å². The summed E-state index contributed by atoms with van der Waals surface area (Å²) in [5.41, 5.74) is 0.151. The highest BCUT2D eigenvalue weighted by Crippen LogP contribution is 2.36. The van der Waals surface area contributed by atoms with Crippen LogP contribution in [0.25, 0.3) is 0 Å². The second kappa shape index (κ2) is 8.95. The molecule has 0 bridgehead atoms. The summed E-state index contributed by atoms with van der Waals surface area (Å²) in [6.07, 6.45) is -1.49. The maximum absolute atomic E-state index is 13.2. The summed E-state index contributed by atoms with van der Waals surface area (Å²) in [5, 5.41) is 2.90. The highest BCUT2D eigenvalue weighted by molar-refractivity contribution is 6.32. The zero-order chi connectivity index (χ0) is 21.0. The molecule has 0 radical (unpaired) electrons. The smallest absolute Gasteiger partial charge is 0.416 e. The molecule has 1 aliphatic rings. The lowest BCUT2D eigenvalue weighted by molar-refractivity contribution is -0.137. The lowest BCUT2D eigenvalue weighted by atomic mass is 10.1. The number of nitrogens with one attached hydrogen (secondary N) is 1. The molecule has 0 spiro atoms. The topological polar surface area (TPSA) is 41.6 Å². The van der Waals surface area contributed by atoms with Gasteiger partial charge in [-0.15, -0.1) is 0 Å². The molecule has 1 fully saturated rings. The number of hydrogen-bond donors (Lipinski definition) is 1. The number of nitrogens with zero attached hydrogens (tertiary/aromatic N) is 1. The van der Waals surface area contributed by atoms with Gasteiger partial charge in [-0.25, -0.2) is 0 Å². The number of ether oxygens (including phenoxy) is 1. The summed E-state index contributed by atoms with van der Waals surface area (Å²) >= 11 is 6.13. The first-order valence-corrected chi connectivity index (χ1v) is 9.87. The van der Waals surface area contributed by atoms with Gasteiger partial charge in [0.25, 0.3) is 5.91 Å². The lowest BCUT2D eigenvalue weighted by Crippen LogP contribution is -2.30. The molecule has 2 aromatic carbocycles. The Kier molecular flexibility index (Phi) is 6.57. The number of amides is 1. The van der Waals surface area contributed by atoms with Crippen molar-refractivity contribution in [1.29, 1.82) is 0 Å². The average molecular weight is 427 g/mol. The van der Waals surface area contributed by atoms with Gasteiger partial charge in [0.05, 0.1) is 28.6 Å². The van der Waals surface area contributed by atoms with Crippen molar-refractivity contribution in [3.8, 4) is 5.75 Å². The highest BCUT2D eigenvalue weighted by Gasteiger charge is 2.32. The third kappa shape index (κ3) is 5.15. The van der Waals surface area contributed by atoms with Crippen LogP contribution in [0.2, 0.25) is 5.02 Å². The van der Waals surface area contributed by atoms with Gasteiger partial charge in [0.1, 0.15) is 5.75 Å². The lowest BCUT2D eigenvalue weighted by Gasteiger charge is -2.31. The molecule has 29 heavy (non-hydrogen) atoms. The van der Waals surface area contributed by atoms with Crippen LogP contribution in [0.3, 0.4) is 0 Å². The molecule has 1 heterocycles. The van der Waals surface area contributed by atoms with E-state index in [-0.39, 0.29) is 16.3 Å². The van der Waals surface area contributed by atoms with E-state index in [9.17, 15) is 18.0 Å². The zero-order valence-corrected chi connectivity index (χ0v) is 16.7. The van der Waals surface area contributed by atoms with Gasteiger partial charge >= 0.3 is 6.18 Å². The minimum absolute atomic E-state index is 0.136. The minimum atomic E-state index is -4.50. The molecule has 0 aliphatic carbocycles. The fourth-order valence-corrected chi connectivity index (χ4v) is 3.57. The number of alkyl halides is 3. The number of benzene rings is 2. The van der Waals surface area contributed by atoms with E-state index < -0.39 is 17.6 Å². The van der Waals surface area contributed by atoms with Gasteiger partial charge < -0.3 is 15.0 Å². The van der Waals surface area contributed by atoms with Crippen LogP contribution in [0.1, 0.15) is 42.1 Å². The van der Waals surface area contributed by atoms with E-state index in [0.29, 0.717) is 18.0 Å². The van der Waals surface area contributed by atoms with E-state index in [2.05, 4.69) is 5.32 Å². The van der Waals surface area contributed by atoms with Gasteiger partial charge in [0.15, 0.2) is 0 Å². The number of carbonyl (C=O) groups is 1. The van der Waals surface area contributed by atoms with Gasteiger partial charge in [-0.2, -0.15) is 13.2 Å². The predicted octanol–water partition coefficient (Wildman–Crippen LogP) is 6.00. The number of rotatable bonds is 5. The monoisotopic (exact) mass is 426 g/mol. The van der Waals surface area contributed by atoms with Gasteiger partial charge in [0.2, 0.25) is 0 Å². The first kappa shape index (κ1) is 21.3. The summed E-state index contributed by atoms with van der Waals surface area (Å²) < 4.78 is 45.0. The van der Waals surface area contributed by atoms with Gasteiger partial charge in [0, 0.05) is 18.7 Å². The molecule has 156 valence electrons.